The maximum absolute atomic E-state index is 13.2. The van der Waals surface area contributed by atoms with Crippen LogP contribution in [0.5, 0.6) is 5.75 Å². The molecule has 2 N–H and O–H groups in total. The van der Waals surface area contributed by atoms with E-state index in [0.29, 0.717) is 37.1 Å². The Morgan fingerprint density at radius 1 is 1.03 bits per heavy atom. The van der Waals surface area contributed by atoms with Crippen LogP contribution < -0.4 is 10.1 Å². The average Bonchev–Trinajstić information content (AvgIpc) is 2.83. The largest absolute Gasteiger partial charge is 0.427 e. The number of aliphatic hydroxyl groups is 1. The number of esters is 1. The van der Waals surface area contributed by atoms with Crippen molar-refractivity contribution in [2.24, 2.45) is 0 Å². The van der Waals surface area contributed by atoms with Gasteiger partial charge < -0.3 is 20.1 Å². The predicted octanol–water partition coefficient (Wildman–Crippen LogP) is 4.05. The summed E-state index contributed by atoms with van der Waals surface area (Å²) in [5.74, 6) is 0.0124. The number of carbonyl (C=O) groups is 2. The van der Waals surface area contributed by atoms with Gasteiger partial charge in [-0.3, -0.25) is 9.59 Å². The predicted molar refractivity (Wildman–Crippen MR) is 136 cm³/mol. The molecule has 1 aliphatic carbocycles. The lowest BCUT2D eigenvalue weighted by atomic mass is 9.55. The van der Waals surface area contributed by atoms with Crippen LogP contribution in [0.25, 0.3) is 10.8 Å². The van der Waals surface area contributed by atoms with Crippen LogP contribution in [0.1, 0.15) is 48.5 Å². The number of rotatable bonds is 4. The Morgan fingerprint density at radius 2 is 1.83 bits per heavy atom. The molecular formula is C29H32N2O4. The monoisotopic (exact) mass is 472 g/mol. The Morgan fingerprint density at radius 3 is 2.63 bits per heavy atom. The van der Waals surface area contributed by atoms with E-state index in [1.54, 1.807) is 6.07 Å². The molecule has 1 amide bonds. The normalized spacial score (nSPS) is 26.7. The van der Waals surface area contributed by atoms with Crippen molar-refractivity contribution in [3.8, 4) is 5.75 Å². The number of amides is 1. The molecule has 0 spiro atoms. The molecule has 0 bridgehead atoms. The minimum Gasteiger partial charge on any atom is -0.427 e. The summed E-state index contributed by atoms with van der Waals surface area (Å²) in [5.41, 5.74) is 0.115. The van der Waals surface area contributed by atoms with Crippen molar-refractivity contribution in [1.29, 1.82) is 0 Å². The molecule has 1 heterocycles. The number of likely N-dealkylation sites (N-methyl/N-ethyl adjacent to an activating group) is 1. The van der Waals surface area contributed by atoms with Gasteiger partial charge in [-0.2, -0.15) is 0 Å². The van der Waals surface area contributed by atoms with Crippen molar-refractivity contribution in [3.63, 3.8) is 0 Å². The van der Waals surface area contributed by atoms with Crippen molar-refractivity contribution in [2.45, 2.75) is 49.7 Å². The van der Waals surface area contributed by atoms with E-state index in [9.17, 15) is 14.7 Å². The number of β-amino-alcohol motifs (C(OH)–C–C–N with tert-alkyl or cyclic N) is 1. The number of piperidine rings is 1. The summed E-state index contributed by atoms with van der Waals surface area (Å²) in [7, 11) is 2.03. The molecule has 3 unspecified atom stereocenters. The Kier molecular flexibility index (Phi) is 6.11. The van der Waals surface area contributed by atoms with Crippen molar-refractivity contribution >= 4 is 22.6 Å². The second kappa shape index (κ2) is 9.10. The highest BCUT2D eigenvalue weighted by molar-refractivity contribution is 5.98. The number of benzene rings is 3. The fourth-order valence-electron chi connectivity index (χ4n) is 6.11. The fraction of sp³-hybridized carbons (Fsp3) is 0.379. The van der Waals surface area contributed by atoms with Crippen LogP contribution in [0.3, 0.4) is 0 Å². The summed E-state index contributed by atoms with van der Waals surface area (Å²) in [6.07, 6.45) is 2.67. The maximum Gasteiger partial charge on any atom is 0.308 e. The highest BCUT2D eigenvalue weighted by Gasteiger charge is 2.57. The molecule has 0 aromatic heterocycles. The lowest BCUT2D eigenvalue weighted by Gasteiger charge is -2.57. The molecule has 0 radical (unpaired) electrons. The molecule has 1 aliphatic heterocycles. The third-order valence-electron chi connectivity index (χ3n) is 7.84. The van der Waals surface area contributed by atoms with Crippen molar-refractivity contribution < 1.29 is 19.4 Å². The van der Waals surface area contributed by atoms with Crippen LogP contribution in [-0.2, 0) is 10.2 Å². The van der Waals surface area contributed by atoms with E-state index in [0.717, 1.165) is 29.3 Å². The standard InChI is InChI=1S/C29H32N2O4/c1-20(32)35-26-9-5-8-24(17-26)28-14-15-31(2)19-29(28,34)13-12-25(18-28)30-27(33)23-11-10-21-6-3-4-7-22(21)16-23/h3-11,16-17,25,34H,12-15,18-19H2,1-2H3,(H,30,33). The first-order valence-electron chi connectivity index (χ1n) is 12.3. The highest BCUT2D eigenvalue weighted by atomic mass is 16.5. The summed E-state index contributed by atoms with van der Waals surface area (Å²) in [4.78, 5) is 26.9. The zero-order valence-electron chi connectivity index (χ0n) is 20.3. The molecule has 3 atom stereocenters. The second-order valence-corrected chi connectivity index (χ2v) is 10.2. The number of carbonyl (C=O) groups excluding carboxylic acids is 2. The number of hydrogen-bond acceptors (Lipinski definition) is 5. The molecule has 5 rings (SSSR count). The Labute approximate surface area is 205 Å². The number of ether oxygens (including phenoxy) is 1. The van der Waals surface area contributed by atoms with Gasteiger partial charge in [0.15, 0.2) is 0 Å². The maximum atomic E-state index is 13.2. The summed E-state index contributed by atoms with van der Waals surface area (Å²) >= 11 is 0. The lowest BCUT2D eigenvalue weighted by molar-refractivity contribution is -0.131. The summed E-state index contributed by atoms with van der Waals surface area (Å²) < 4.78 is 5.36. The summed E-state index contributed by atoms with van der Waals surface area (Å²) in [6.45, 7) is 2.79. The van der Waals surface area contributed by atoms with Crippen LogP contribution in [0.4, 0.5) is 0 Å². The number of nitrogens with zero attached hydrogens (tertiary/aromatic N) is 1. The second-order valence-electron chi connectivity index (χ2n) is 10.2. The Bertz CT molecular complexity index is 1270. The number of likely N-dealkylation sites (tertiary alicyclic amines) is 1. The number of fused-ring (bicyclic) bond motifs is 2. The van der Waals surface area contributed by atoms with Gasteiger partial charge in [0.2, 0.25) is 0 Å². The van der Waals surface area contributed by atoms with Crippen LogP contribution >= 0.6 is 0 Å². The molecular weight excluding hydrogens is 440 g/mol. The SMILES string of the molecule is CC(=O)Oc1cccc(C23CCN(C)CC2(O)CCC(NC(=O)c2ccc4ccccc4c2)C3)c1. The molecule has 1 saturated carbocycles. The van der Waals surface area contributed by atoms with Crippen molar-refractivity contribution in [2.75, 3.05) is 20.1 Å². The summed E-state index contributed by atoms with van der Waals surface area (Å²) in [5, 5.41) is 17.4. The van der Waals surface area contributed by atoms with Gasteiger partial charge in [-0.05, 0) is 79.9 Å². The quantitative estimate of drug-likeness (QED) is 0.442. The minimum absolute atomic E-state index is 0.0740. The van der Waals surface area contributed by atoms with Gasteiger partial charge >= 0.3 is 5.97 Å². The Hall–Kier alpha value is -3.22. The van der Waals surface area contributed by atoms with E-state index in [1.807, 2.05) is 67.7 Å². The van der Waals surface area contributed by atoms with E-state index in [2.05, 4.69) is 10.2 Å². The van der Waals surface area contributed by atoms with Crippen molar-refractivity contribution in [1.82, 2.24) is 10.2 Å². The van der Waals surface area contributed by atoms with E-state index < -0.39 is 11.0 Å². The average molecular weight is 473 g/mol. The van der Waals surface area contributed by atoms with Crippen molar-refractivity contribution in [3.05, 3.63) is 77.9 Å². The van der Waals surface area contributed by atoms with Crippen LogP contribution in [-0.4, -0.2) is 53.7 Å². The fourth-order valence-corrected chi connectivity index (χ4v) is 6.11. The molecule has 6 nitrogen and oxygen atoms in total. The van der Waals surface area contributed by atoms with Gasteiger partial charge in [-0.1, -0.05) is 42.5 Å². The van der Waals surface area contributed by atoms with Crippen LogP contribution in [0.2, 0.25) is 0 Å². The minimum atomic E-state index is -0.932. The van der Waals surface area contributed by atoms with E-state index in [1.165, 1.54) is 6.92 Å². The smallest absolute Gasteiger partial charge is 0.308 e. The highest BCUT2D eigenvalue weighted by Crippen LogP contribution is 2.52. The molecule has 182 valence electrons. The topological polar surface area (TPSA) is 78.9 Å². The van der Waals surface area contributed by atoms with Gasteiger partial charge in [-0.15, -0.1) is 0 Å². The zero-order valence-corrected chi connectivity index (χ0v) is 20.3. The van der Waals surface area contributed by atoms with E-state index >= 15 is 0 Å². The molecule has 6 heteroatoms. The van der Waals surface area contributed by atoms with Gasteiger partial charge in [0.25, 0.3) is 5.91 Å². The zero-order chi connectivity index (χ0) is 24.6. The molecule has 3 aromatic carbocycles. The van der Waals surface area contributed by atoms with Gasteiger partial charge in [0.05, 0.1) is 5.60 Å². The lowest BCUT2D eigenvalue weighted by Crippen LogP contribution is -2.66. The molecule has 2 fully saturated rings. The van der Waals surface area contributed by atoms with E-state index in [-0.39, 0.29) is 17.9 Å². The van der Waals surface area contributed by atoms with Crippen LogP contribution in [0, 0.1) is 0 Å². The number of hydrogen-bond donors (Lipinski definition) is 2. The third-order valence-corrected chi connectivity index (χ3v) is 7.84. The first-order valence-corrected chi connectivity index (χ1v) is 12.3. The molecule has 35 heavy (non-hydrogen) atoms. The summed E-state index contributed by atoms with van der Waals surface area (Å²) in [6, 6.07) is 21.2. The first kappa shape index (κ1) is 23.5. The van der Waals surface area contributed by atoms with Gasteiger partial charge in [0, 0.05) is 30.5 Å². The molecule has 1 saturated heterocycles. The molecule has 3 aromatic rings. The van der Waals surface area contributed by atoms with Crippen LogP contribution in [0.15, 0.2) is 66.7 Å². The first-order chi connectivity index (χ1) is 16.8. The number of nitrogens with one attached hydrogen (secondary N) is 1. The van der Waals surface area contributed by atoms with E-state index in [4.69, 9.17) is 4.74 Å². The molecule has 2 aliphatic rings. The Balaban J connectivity index is 1.44. The van der Waals surface area contributed by atoms with Gasteiger partial charge in [-0.25, -0.2) is 0 Å². The third kappa shape index (κ3) is 4.44. The van der Waals surface area contributed by atoms with Gasteiger partial charge in [0.1, 0.15) is 5.75 Å².